The molecule has 6 heteroatoms. The number of carbonyl (C=O) groups is 1. The fourth-order valence-corrected chi connectivity index (χ4v) is 2.36. The molecule has 6 nitrogen and oxygen atoms in total. The van der Waals surface area contributed by atoms with Gasteiger partial charge in [0.15, 0.2) is 0 Å². The van der Waals surface area contributed by atoms with Crippen LogP contribution in [0.15, 0.2) is 43.1 Å². The third-order valence-corrected chi connectivity index (χ3v) is 3.45. The number of pyridine rings is 1. The zero-order chi connectivity index (χ0) is 14.5. The van der Waals surface area contributed by atoms with E-state index in [0.29, 0.717) is 18.8 Å². The van der Waals surface area contributed by atoms with Crippen LogP contribution in [0.2, 0.25) is 0 Å². The monoisotopic (exact) mass is 284 g/mol. The van der Waals surface area contributed by atoms with Crippen LogP contribution in [0, 0.1) is 0 Å². The molecule has 0 aliphatic carbocycles. The second-order valence-corrected chi connectivity index (χ2v) is 4.89. The van der Waals surface area contributed by atoms with Crippen molar-refractivity contribution in [3.63, 3.8) is 0 Å². The molecule has 0 saturated carbocycles. The van der Waals surface area contributed by atoms with E-state index >= 15 is 0 Å². The largest absolute Gasteiger partial charge is 0.489 e. The summed E-state index contributed by atoms with van der Waals surface area (Å²) in [5, 5.41) is 0. The van der Waals surface area contributed by atoms with E-state index in [2.05, 4.69) is 15.0 Å². The number of carbonyl (C=O) groups excluding carboxylic acids is 1. The Bertz CT molecular complexity index is 583. The van der Waals surface area contributed by atoms with Crippen molar-refractivity contribution in [1.29, 1.82) is 0 Å². The van der Waals surface area contributed by atoms with E-state index in [-0.39, 0.29) is 12.0 Å². The van der Waals surface area contributed by atoms with Gasteiger partial charge in [-0.25, -0.2) is 4.98 Å². The first-order chi connectivity index (χ1) is 10.3. The topological polar surface area (TPSA) is 68.2 Å². The molecule has 2 aromatic heterocycles. The van der Waals surface area contributed by atoms with E-state index in [1.807, 2.05) is 12.1 Å². The zero-order valence-corrected chi connectivity index (χ0v) is 11.6. The van der Waals surface area contributed by atoms with Gasteiger partial charge in [-0.3, -0.25) is 14.8 Å². The van der Waals surface area contributed by atoms with Crippen LogP contribution in [-0.2, 0) is 0 Å². The maximum Gasteiger partial charge on any atom is 0.274 e. The normalized spacial score (nSPS) is 15.7. The molecule has 0 radical (unpaired) electrons. The third kappa shape index (κ3) is 3.34. The van der Waals surface area contributed by atoms with Crippen molar-refractivity contribution in [3.8, 4) is 5.75 Å². The maximum absolute atomic E-state index is 12.2. The highest BCUT2D eigenvalue weighted by molar-refractivity contribution is 5.92. The Kier molecular flexibility index (Phi) is 4.04. The molecule has 3 rings (SSSR count). The molecule has 0 atom stereocenters. The summed E-state index contributed by atoms with van der Waals surface area (Å²) in [5.41, 5.74) is 0.393. The second-order valence-electron chi connectivity index (χ2n) is 4.89. The molecule has 1 amide bonds. The first kappa shape index (κ1) is 13.5. The van der Waals surface area contributed by atoms with Crippen LogP contribution >= 0.6 is 0 Å². The molecule has 0 unspecified atom stereocenters. The van der Waals surface area contributed by atoms with Crippen LogP contribution in [0.4, 0.5) is 0 Å². The maximum atomic E-state index is 12.2. The van der Waals surface area contributed by atoms with Crippen molar-refractivity contribution < 1.29 is 9.53 Å². The molecular formula is C15H16N4O2. The molecule has 0 bridgehead atoms. The minimum atomic E-state index is -0.0667. The first-order valence-electron chi connectivity index (χ1n) is 6.95. The molecule has 108 valence electrons. The van der Waals surface area contributed by atoms with Gasteiger partial charge >= 0.3 is 0 Å². The molecule has 0 spiro atoms. The summed E-state index contributed by atoms with van der Waals surface area (Å²) in [6, 6.07) is 3.74. The van der Waals surface area contributed by atoms with Gasteiger partial charge in [0.1, 0.15) is 17.5 Å². The Morgan fingerprint density at radius 3 is 2.62 bits per heavy atom. The quantitative estimate of drug-likeness (QED) is 0.855. The Labute approximate surface area is 122 Å². The molecule has 21 heavy (non-hydrogen) atoms. The van der Waals surface area contributed by atoms with E-state index in [9.17, 15) is 4.79 Å². The van der Waals surface area contributed by atoms with E-state index in [4.69, 9.17) is 4.74 Å². The van der Waals surface area contributed by atoms with E-state index < -0.39 is 0 Å². The van der Waals surface area contributed by atoms with Gasteiger partial charge in [0.05, 0.1) is 12.4 Å². The molecule has 2 aromatic rings. The number of ether oxygens (including phenoxy) is 1. The van der Waals surface area contributed by atoms with Crippen molar-refractivity contribution in [2.24, 2.45) is 0 Å². The van der Waals surface area contributed by atoms with E-state index in [1.165, 1.54) is 12.4 Å². The molecule has 1 fully saturated rings. The van der Waals surface area contributed by atoms with Crippen LogP contribution in [0.3, 0.4) is 0 Å². The molecule has 0 aromatic carbocycles. The lowest BCUT2D eigenvalue weighted by molar-refractivity contribution is 0.0589. The van der Waals surface area contributed by atoms with Gasteiger partial charge in [0.25, 0.3) is 5.91 Å². The van der Waals surface area contributed by atoms with Gasteiger partial charge in [-0.05, 0) is 12.1 Å². The number of amides is 1. The summed E-state index contributed by atoms with van der Waals surface area (Å²) in [6.45, 7) is 1.33. The summed E-state index contributed by atoms with van der Waals surface area (Å²) in [6.07, 6.45) is 9.75. The number of likely N-dealkylation sites (tertiary alicyclic amines) is 1. The number of aromatic nitrogens is 3. The standard InChI is InChI=1S/C15H16N4O2/c20-15(14-11-17-6-7-18-14)19-8-3-12(4-9-19)21-13-2-1-5-16-10-13/h1-2,5-7,10-12H,3-4,8-9H2. The van der Waals surface area contributed by atoms with Crippen molar-refractivity contribution in [3.05, 3.63) is 48.8 Å². The fraction of sp³-hybridized carbons (Fsp3) is 0.333. The van der Waals surface area contributed by atoms with Crippen LogP contribution < -0.4 is 4.74 Å². The average molecular weight is 284 g/mol. The molecule has 1 aliphatic heterocycles. The number of hydrogen-bond donors (Lipinski definition) is 0. The van der Waals surface area contributed by atoms with Crippen LogP contribution in [0.5, 0.6) is 5.75 Å². The third-order valence-electron chi connectivity index (χ3n) is 3.45. The Balaban J connectivity index is 1.54. The van der Waals surface area contributed by atoms with Gasteiger partial charge in [-0.1, -0.05) is 0 Å². The predicted octanol–water partition coefficient (Wildman–Crippen LogP) is 1.56. The fourth-order valence-electron chi connectivity index (χ4n) is 2.36. The number of hydrogen-bond acceptors (Lipinski definition) is 5. The highest BCUT2D eigenvalue weighted by atomic mass is 16.5. The van der Waals surface area contributed by atoms with Gasteiger partial charge in [0.2, 0.25) is 0 Å². The minimum Gasteiger partial charge on any atom is -0.489 e. The Hall–Kier alpha value is -2.50. The smallest absolute Gasteiger partial charge is 0.274 e. The van der Waals surface area contributed by atoms with Crippen molar-refractivity contribution in [2.45, 2.75) is 18.9 Å². The molecule has 0 N–H and O–H groups in total. The first-order valence-corrected chi connectivity index (χ1v) is 6.95. The van der Waals surface area contributed by atoms with E-state index in [1.54, 1.807) is 23.5 Å². The SMILES string of the molecule is O=C(c1cnccn1)N1CCC(Oc2cccnc2)CC1. The van der Waals surface area contributed by atoms with Crippen LogP contribution in [0.1, 0.15) is 23.3 Å². The predicted molar refractivity (Wildman–Crippen MR) is 75.8 cm³/mol. The van der Waals surface area contributed by atoms with Crippen molar-refractivity contribution in [2.75, 3.05) is 13.1 Å². The van der Waals surface area contributed by atoms with Crippen LogP contribution in [0.25, 0.3) is 0 Å². The van der Waals surface area contributed by atoms with Gasteiger partial charge in [-0.2, -0.15) is 0 Å². The zero-order valence-electron chi connectivity index (χ0n) is 11.6. The highest BCUT2D eigenvalue weighted by Crippen LogP contribution is 2.18. The second kappa shape index (κ2) is 6.30. The summed E-state index contributed by atoms with van der Waals surface area (Å²) >= 11 is 0. The number of nitrogens with zero attached hydrogens (tertiary/aromatic N) is 4. The number of piperidine rings is 1. The Morgan fingerprint density at radius 1 is 1.14 bits per heavy atom. The molecule has 3 heterocycles. The summed E-state index contributed by atoms with van der Waals surface area (Å²) in [4.78, 5) is 26.0. The lowest BCUT2D eigenvalue weighted by Crippen LogP contribution is -2.42. The summed E-state index contributed by atoms with van der Waals surface area (Å²) < 4.78 is 5.86. The lowest BCUT2D eigenvalue weighted by Gasteiger charge is -2.31. The minimum absolute atomic E-state index is 0.0667. The van der Waals surface area contributed by atoms with E-state index in [0.717, 1.165) is 18.6 Å². The summed E-state index contributed by atoms with van der Waals surface area (Å²) in [7, 11) is 0. The average Bonchev–Trinajstić information content (AvgIpc) is 2.57. The van der Waals surface area contributed by atoms with Gasteiger partial charge in [-0.15, -0.1) is 0 Å². The molecular weight excluding hydrogens is 268 g/mol. The van der Waals surface area contributed by atoms with Crippen LogP contribution in [-0.4, -0.2) is 45.0 Å². The molecule has 1 aliphatic rings. The van der Waals surface area contributed by atoms with Gasteiger partial charge < -0.3 is 9.64 Å². The Morgan fingerprint density at radius 2 is 1.95 bits per heavy atom. The number of rotatable bonds is 3. The summed E-state index contributed by atoms with van der Waals surface area (Å²) in [5.74, 6) is 0.708. The molecule has 1 saturated heterocycles. The van der Waals surface area contributed by atoms with Crippen molar-refractivity contribution in [1.82, 2.24) is 19.9 Å². The highest BCUT2D eigenvalue weighted by Gasteiger charge is 2.25. The van der Waals surface area contributed by atoms with Gasteiger partial charge in [0, 0.05) is 44.5 Å². The van der Waals surface area contributed by atoms with Crippen molar-refractivity contribution >= 4 is 5.91 Å². The lowest BCUT2D eigenvalue weighted by atomic mass is 10.1.